The number of nitrogens with zero attached hydrogens (tertiary/aromatic N) is 2. The number of nitrogens with one attached hydrogen (secondary N) is 1. The summed E-state index contributed by atoms with van der Waals surface area (Å²) in [5.41, 5.74) is 2.89. The lowest BCUT2D eigenvalue weighted by molar-refractivity contribution is 0.399. The Bertz CT molecular complexity index is 1670. The van der Waals surface area contributed by atoms with Crippen LogP contribution in [0.3, 0.4) is 0 Å². The molecule has 0 bridgehead atoms. The molecule has 0 aliphatic carbocycles. The number of hydrogen-bond donors (Lipinski definition) is 1. The van der Waals surface area contributed by atoms with Crippen molar-refractivity contribution < 1.29 is 13.2 Å². The van der Waals surface area contributed by atoms with Crippen LogP contribution in [0, 0.1) is 0 Å². The molecule has 8 nitrogen and oxygen atoms in total. The summed E-state index contributed by atoms with van der Waals surface area (Å²) < 4.78 is 33.4. The molecule has 0 unspecified atom stereocenters. The molecule has 0 saturated heterocycles. The van der Waals surface area contributed by atoms with Gasteiger partial charge in [0, 0.05) is 41.7 Å². The molecule has 0 saturated carbocycles. The zero-order valence-electron chi connectivity index (χ0n) is 21.1. The highest BCUT2D eigenvalue weighted by Crippen LogP contribution is 2.42. The highest BCUT2D eigenvalue weighted by molar-refractivity contribution is 7.88. The van der Waals surface area contributed by atoms with Gasteiger partial charge in [0.05, 0.1) is 19.1 Å². The molecule has 0 amide bonds. The highest BCUT2D eigenvalue weighted by Gasteiger charge is 2.24. The summed E-state index contributed by atoms with van der Waals surface area (Å²) >= 11 is 1.55. The molecule has 2 aromatic heterocycles. The number of sulfonamides is 1. The lowest BCUT2D eigenvalue weighted by Crippen LogP contribution is -2.27. The lowest BCUT2D eigenvalue weighted by Gasteiger charge is -2.25. The van der Waals surface area contributed by atoms with Crippen LogP contribution in [0.4, 0.5) is 0 Å². The number of aromatic nitrogens is 2. The third kappa shape index (κ3) is 5.02. The van der Waals surface area contributed by atoms with Gasteiger partial charge >= 0.3 is 5.69 Å². The minimum atomic E-state index is -3.29. The molecular weight excluding hydrogens is 498 g/mol. The van der Waals surface area contributed by atoms with Gasteiger partial charge in [0.2, 0.25) is 10.0 Å². The molecule has 0 fully saturated rings. The fourth-order valence-corrected chi connectivity index (χ4v) is 5.46. The largest absolute Gasteiger partial charge is 0.496 e. The van der Waals surface area contributed by atoms with E-state index in [4.69, 9.17) is 4.74 Å². The molecule has 0 aliphatic heterocycles. The van der Waals surface area contributed by atoms with Crippen LogP contribution in [0.15, 0.2) is 57.6 Å². The Morgan fingerprint density at radius 3 is 2.44 bits per heavy atom. The third-order valence-corrected chi connectivity index (χ3v) is 8.37. The standard InChI is InChI=1S/C26H29N3O5S2/c1-26(2,3)21-13-18(29-10-9-23(30)27-25(29)31)12-20(24(21)34-5)16-7-8-19-17(15-35-22(19)11-16)14-28(4)36(6,32)33/h7-13,15H,14H2,1-6H3,(H,27,30,31). The summed E-state index contributed by atoms with van der Waals surface area (Å²) in [6, 6.07) is 11.1. The average molecular weight is 528 g/mol. The second kappa shape index (κ2) is 9.34. The maximum atomic E-state index is 12.6. The van der Waals surface area contributed by atoms with Gasteiger partial charge in [-0.05, 0) is 45.5 Å². The van der Waals surface area contributed by atoms with Crippen molar-refractivity contribution in [2.45, 2.75) is 32.7 Å². The fourth-order valence-electron chi connectivity index (χ4n) is 4.10. The van der Waals surface area contributed by atoms with Gasteiger partial charge in [-0.3, -0.25) is 14.3 Å². The molecule has 36 heavy (non-hydrogen) atoms. The van der Waals surface area contributed by atoms with E-state index in [1.807, 2.05) is 35.7 Å². The first kappa shape index (κ1) is 25.9. The predicted molar refractivity (Wildman–Crippen MR) is 145 cm³/mol. The Kier molecular flexibility index (Phi) is 6.72. The lowest BCUT2D eigenvalue weighted by atomic mass is 9.83. The Labute approximate surface area is 213 Å². The Balaban J connectivity index is 1.91. The van der Waals surface area contributed by atoms with Crippen molar-refractivity contribution in [1.82, 2.24) is 13.9 Å². The molecule has 190 valence electrons. The number of benzene rings is 2. The summed E-state index contributed by atoms with van der Waals surface area (Å²) in [7, 11) is -0.0989. The van der Waals surface area contributed by atoms with Gasteiger partial charge in [0.25, 0.3) is 5.56 Å². The number of thiophene rings is 1. The van der Waals surface area contributed by atoms with Crippen molar-refractivity contribution >= 4 is 31.4 Å². The van der Waals surface area contributed by atoms with Crippen molar-refractivity contribution in [1.29, 1.82) is 0 Å². The first-order valence-corrected chi connectivity index (χ1v) is 14.0. The number of ether oxygens (including phenoxy) is 1. The van der Waals surface area contributed by atoms with Gasteiger partial charge < -0.3 is 4.74 Å². The molecule has 4 rings (SSSR count). The SMILES string of the molecule is COc1c(-c2ccc3c(CN(C)S(C)(=O)=O)csc3c2)cc(-n2ccc(=O)[nH]c2=O)cc1C(C)(C)C. The smallest absolute Gasteiger partial charge is 0.332 e. The molecule has 0 aliphatic rings. The number of fused-ring (bicyclic) bond motifs is 1. The predicted octanol–water partition coefficient (Wildman–Crippen LogP) is 4.11. The maximum absolute atomic E-state index is 12.6. The van der Waals surface area contributed by atoms with Crippen molar-refractivity contribution in [2.24, 2.45) is 0 Å². The molecule has 10 heteroatoms. The maximum Gasteiger partial charge on any atom is 0.332 e. The minimum Gasteiger partial charge on any atom is -0.496 e. The zero-order chi connectivity index (χ0) is 26.4. The molecule has 1 N–H and O–H groups in total. The van der Waals surface area contributed by atoms with Gasteiger partial charge in [-0.25, -0.2) is 17.5 Å². The van der Waals surface area contributed by atoms with Crippen LogP contribution in [0.5, 0.6) is 5.75 Å². The van der Waals surface area contributed by atoms with Crippen molar-refractivity contribution in [3.8, 4) is 22.6 Å². The molecule has 2 aromatic carbocycles. The van der Waals surface area contributed by atoms with Crippen LogP contribution in [-0.2, 0) is 22.0 Å². The number of aromatic amines is 1. The quantitative estimate of drug-likeness (QED) is 0.407. The summed E-state index contributed by atoms with van der Waals surface area (Å²) in [6.45, 7) is 6.50. The van der Waals surface area contributed by atoms with E-state index in [0.29, 0.717) is 18.0 Å². The van der Waals surface area contributed by atoms with Crippen LogP contribution in [-0.4, -0.2) is 42.7 Å². The van der Waals surface area contributed by atoms with E-state index in [-0.39, 0.29) is 5.41 Å². The first-order chi connectivity index (χ1) is 16.8. The van der Waals surface area contributed by atoms with Gasteiger partial charge in [-0.2, -0.15) is 0 Å². The summed E-state index contributed by atoms with van der Waals surface area (Å²) in [6.07, 6.45) is 2.66. The normalized spacial score (nSPS) is 12.4. The monoisotopic (exact) mass is 527 g/mol. The van der Waals surface area contributed by atoms with Gasteiger partial charge in [0.15, 0.2) is 0 Å². The van der Waals surface area contributed by atoms with Crippen LogP contribution < -0.4 is 16.0 Å². The molecule has 0 atom stereocenters. The Morgan fingerprint density at radius 2 is 1.83 bits per heavy atom. The molecule has 2 heterocycles. The van der Waals surface area contributed by atoms with Crippen LogP contribution in [0.1, 0.15) is 31.9 Å². The summed E-state index contributed by atoms with van der Waals surface area (Å²) in [5, 5.41) is 2.96. The molecule has 0 radical (unpaired) electrons. The second-order valence-corrected chi connectivity index (χ2v) is 12.8. The summed E-state index contributed by atoms with van der Waals surface area (Å²) in [4.78, 5) is 26.5. The first-order valence-electron chi connectivity index (χ1n) is 11.3. The van der Waals surface area contributed by atoms with E-state index >= 15 is 0 Å². The van der Waals surface area contributed by atoms with Crippen LogP contribution >= 0.6 is 11.3 Å². The van der Waals surface area contributed by atoms with E-state index in [1.54, 1.807) is 25.5 Å². The van der Waals surface area contributed by atoms with E-state index in [9.17, 15) is 18.0 Å². The van der Waals surface area contributed by atoms with Gasteiger partial charge in [-0.1, -0.05) is 32.9 Å². The van der Waals surface area contributed by atoms with Crippen LogP contribution in [0.25, 0.3) is 26.9 Å². The van der Waals surface area contributed by atoms with E-state index in [0.717, 1.165) is 32.3 Å². The van der Waals surface area contributed by atoms with Crippen LogP contribution in [0.2, 0.25) is 0 Å². The fraction of sp³-hybridized carbons (Fsp3) is 0.308. The Morgan fingerprint density at radius 1 is 1.11 bits per heavy atom. The molecular formula is C26H29N3O5S2. The highest BCUT2D eigenvalue weighted by atomic mass is 32.2. The number of rotatable bonds is 6. The number of hydrogen-bond acceptors (Lipinski definition) is 6. The van der Waals surface area contributed by atoms with Crippen molar-refractivity contribution in [3.63, 3.8) is 0 Å². The van der Waals surface area contributed by atoms with Crippen molar-refractivity contribution in [2.75, 3.05) is 20.4 Å². The van der Waals surface area contributed by atoms with Crippen molar-refractivity contribution in [3.05, 3.63) is 79.9 Å². The minimum absolute atomic E-state index is 0.292. The van der Waals surface area contributed by atoms with E-state index < -0.39 is 21.3 Å². The number of methoxy groups -OCH3 is 1. The van der Waals surface area contributed by atoms with E-state index in [1.165, 1.54) is 27.4 Å². The molecule has 0 spiro atoms. The average Bonchev–Trinajstić information content (AvgIpc) is 3.19. The molecule has 4 aromatic rings. The summed E-state index contributed by atoms with van der Waals surface area (Å²) in [5.74, 6) is 0.705. The number of H-pyrrole nitrogens is 1. The second-order valence-electron chi connectivity index (χ2n) is 9.80. The van der Waals surface area contributed by atoms with E-state index in [2.05, 4.69) is 25.8 Å². The zero-order valence-corrected chi connectivity index (χ0v) is 22.7. The van der Waals surface area contributed by atoms with Gasteiger partial charge in [-0.15, -0.1) is 11.3 Å². The third-order valence-electron chi connectivity index (χ3n) is 6.11. The van der Waals surface area contributed by atoms with Gasteiger partial charge in [0.1, 0.15) is 5.75 Å². The Hall–Kier alpha value is -3.21. The topological polar surface area (TPSA) is 101 Å².